The molecule has 174 valence electrons. The molecule has 0 fully saturated rings. The minimum Gasteiger partial charge on any atom is -0.493 e. The van der Waals surface area contributed by atoms with Crippen LogP contribution < -0.4 is 9.47 Å². The first-order valence-electron chi connectivity index (χ1n) is 10.2. The van der Waals surface area contributed by atoms with Gasteiger partial charge >= 0.3 is 5.97 Å². The highest BCUT2D eigenvalue weighted by molar-refractivity contribution is 5.69. The predicted octanol–water partition coefficient (Wildman–Crippen LogP) is 3.81. The van der Waals surface area contributed by atoms with Gasteiger partial charge in [-0.1, -0.05) is 30.4 Å². The van der Waals surface area contributed by atoms with E-state index in [0.29, 0.717) is 11.5 Å². The first-order valence-corrected chi connectivity index (χ1v) is 10.2. The molecule has 0 heterocycles. The number of methoxy groups -OCH3 is 2. The highest BCUT2D eigenvalue weighted by Gasteiger charge is 2.18. The zero-order valence-corrected chi connectivity index (χ0v) is 18.5. The minimum atomic E-state index is -0.954. The summed E-state index contributed by atoms with van der Waals surface area (Å²) in [6.07, 6.45) is 2.92. The third-order valence-electron chi connectivity index (χ3n) is 4.73. The summed E-state index contributed by atoms with van der Waals surface area (Å²) in [4.78, 5) is 13.2. The zero-order valence-electron chi connectivity index (χ0n) is 18.5. The van der Waals surface area contributed by atoms with Crippen LogP contribution in [0.2, 0.25) is 0 Å². The van der Waals surface area contributed by atoms with Crippen LogP contribution in [-0.2, 0) is 16.1 Å². The summed E-state index contributed by atoms with van der Waals surface area (Å²) < 4.78 is 43.4. The van der Waals surface area contributed by atoms with Crippen molar-refractivity contribution in [1.82, 2.24) is 4.90 Å². The maximum absolute atomic E-state index is 14.1. The molecule has 0 amide bonds. The SMILES string of the molecule is C/C=C/c1ccc(OC[C@@H](O)CN(CCC(=O)OC)Cc2cccc(F)c2F)c(OC)c1. The number of hydrogen-bond acceptors (Lipinski definition) is 6. The number of aliphatic hydroxyl groups is 1. The molecular formula is C24H29F2NO5. The van der Waals surface area contributed by atoms with E-state index in [9.17, 15) is 18.7 Å². The lowest BCUT2D eigenvalue weighted by atomic mass is 10.1. The molecule has 2 aromatic carbocycles. The van der Waals surface area contributed by atoms with E-state index in [1.165, 1.54) is 26.4 Å². The van der Waals surface area contributed by atoms with E-state index >= 15 is 0 Å². The molecule has 6 nitrogen and oxygen atoms in total. The Labute approximate surface area is 187 Å². The van der Waals surface area contributed by atoms with Crippen molar-refractivity contribution in [2.24, 2.45) is 0 Å². The fourth-order valence-electron chi connectivity index (χ4n) is 3.13. The number of carbonyl (C=O) groups is 1. The second-order valence-electron chi connectivity index (χ2n) is 7.15. The van der Waals surface area contributed by atoms with Gasteiger partial charge in [-0.05, 0) is 30.7 Å². The Bertz CT molecular complexity index is 919. The second kappa shape index (κ2) is 12.8. The average Bonchev–Trinajstić information content (AvgIpc) is 2.79. The van der Waals surface area contributed by atoms with Crippen molar-refractivity contribution < 1.29 is 32.9 Å². The van der Waals surface area contributed by atoms with E-state index in [-0.39, 0.29) is 38.2 Å². The van der Waals surface area contributed by atoms with Gasteiger partial charge in [0.15, 0.2) is 23.1 Å². The predicted molar refractivity (Wildman–Crippen MR) is 117 cm³/mol. The maximum Gasteiger partial charge on any atom is 0.306 e. The molecule has 0 saturated carbocycles. The largest absolute Gasteiger partial charge is 0.493 e. The molecule has 0 aliphatic heterocycles. The van der Waals surface area contributed by atoms with Crippen LogP contribution in [0.1, 0.15) is 24.5 Å². The van der Waals surface area contributed by atoms with Crippen molar-refractivity contribution in [3.63, 3.8) is 0 Å². The van der Waals surface area contributed by atoms with E-state index in [4.69, 9.17) is 9.47 Å². The molecule has 0 aliphatic rings. The van der Waals surface area contributed by atoms with Crippen LogP contribution in [0.3, 0.4) is 0 Å². The number of carbonyl (C=O) groups excluding carboxylic acids is 1. The molecule has 32 heavy (non-hydrogen) atoms. The van der Waals surface area contributed by atoms with Crippen LogP contribution in [0.5, 0.6) is 11.5 Å². The number of halogens is 2. The molecule has 2 rings (SSSR count). The summed E-state index contributed by atoms with van der Waals surface area (Å²) in [5.41, 5.74) is 1.08. The van der Waals surface area contributed by atoms with Gasteiger partial charge in [0.05, 0.1) is 20.6 Å². The van der Waals surface area contributed by atoms with Gasteiger partial charge in [0.1, 0.15) is 12.7 Å². The fourth-order valence-corrected chi connectivity index (χ4v) is 3.13. The van der Waals surface area contributed by atoms with Crippen molar-refractivity contribution in [2.45, 2.75) is 26.0 Å². The number of rotatable bonds is 12. The molecule has 2 aromatic rings. The summed E-state index contributed by atoms with van der Waals surface area (Å²) in [5, 5.41) is 10.5. The lowest BCUT2D eigenvalue weighted by Crippen LogP contribution is -2.37. The van der Waals surface area contributed by atoms with Crippen molar-refractivity contribution in [2.75, 3.05) is 33.9 Å². The smallest absolute Gasteiger partial charge is 0.306 e. The molecule has 0 unspecified atom stereocenters. The molecule has 0 aromatic heterocycles. The van der Waals surface area contributed by atoms with Gasteiger partial charge in [0.25, 0.3) is 0 Å². The Hall–Kier alpha value is -2.97. The van der Waals surface area contributed by atoms with Crippen molar-refractivity contribution in [3.8, 4) is 11.5 Å². The van der Waals surface area contributed by atoms with E-state index in [0.717, 1.165) is 11.6 Å². The topological polar surface area (TPSA) is 68.2 Å². The number of esters is 1. The third kappa shape index (κ3) is 7.62. The molecule has 8 heteroatoms. The molecule has 0 radical (unpaired) electrons. The van der Waals surface area contributed by atoms with Crippen LogP contribution in [0.4, 0.5) is 8.78 Å². The van der Waals surface area contributed by atoms with Gasteiger partial charge in [-0.15, -0.1) is 0 Å². The quantitative estimate of drug-likeness (QED) is 0.497. The summed E-state index contributed by atoms with van der Waals surface area (Å²) >= 11 is 0. The van der Waals surface area contributed by atoms with E-state index in [1.54, 1.807) is 11.0 Å². The summed E-state index contributed by atoms with van der Waals surface area (Å²) in [5.74, 6) is -1.35. The Balaban J connectivity index is 2.04. The van der Waals surface area contributed by atoms with Gasteiger partial charge in [-0.3, -0.25) is 9.69 Å². The molecular weight excluding hydrogens is 420 g/mol. The normalized spacial score (nSPS) is 12.2. The van der Waals surface area contributed by atoms with Gasteiger partial charge in [0.2, 0.25) is 0 Å². The molecule has 1 atom stereocenters. The fraction of sp³-hybridized carbons (Fsp3) is 0.375. The second-order valence-corrected chi connectivity index (χ2v) is 7.15. The zero-order chi connectivity index (χ0) is 23.5. The average molecular weight is 449 g/mol. The Morgan fingerprint density at radius 2 is 1.97 bits per heavy atom. The summed E-state index contributed by atoms with van der Waals surface area (Å²) in [6, 6.07) is 9.34. The Morgan fingerprint density at radius 1 is 1.19 bits per heavy atom. The first-order chi connectivity index (χ1) is 15.4. The number of allylic oxidation sites excluding steroid dienone is 1. The molecule has 0 aliphatic carbocycles. The Kier molecular flexibility index (Phi) is 10.1. The number of benzene rings is 2. The number of ether oxygens (including phenoxy) is 3. The minimum absolute atomic E-state index is 0.0129. The van der Waals surface area contributed by atoms with Crippen LogP contribution >= 0.6 is 0 Å². The molecule has 0 spiro atoms. The Morgan fingerprint density at radius 3 is 2.66 bits per heavy atom. The maximum atomic E-state index is 14.1. The lowest BCUT2D eigenvalue weighted by Gasteiger charge is -2.25. The summed E-state index contributed by atoms with van der Waals surface area (Å²) in [7, 11) is 2.80. The van der Waals surface area contributed by atoms with Crippen molar-refractivity contribution in [3.05, 3.63) is 65.2 Å². The van der Waals surface area contributed by atoms with Crippen molar-refractivity contribution >= 4 is 12.0 Å². The standard InChI is InChI=1S/C24H29F2NO5/c1-4-6-17-9-10-21(22(13-17)30-2)32-16-19(28)15-27(12-11-23(29)31-3)14-18-7-5-8-20(25)24(18)26/h4-10,13,19,28H,11-12,14-16H2,1-3H3/b6-4+/t19-/m0/s1. The van der Waals surface area contributed by atoms with Gasteiger partial charge in [-0.25, -0.2) is 8.78 Å². The highest BCUT2D eigenvalue weighted by Crippen LogP contribution is 2.28. The highest BCUT2D eigenvalue weighted by atomic mass is 19.2. The third-order valence-corrected chi connectivity index (χ3v) is 4.73. The first kappa shape index (κ1) is 25.3. The lowest BCUT2D eigenvalue weighted by molar-refractivity contribution is -0.141. The summed E-state index contributed by atoms with van der Waals surface area (Å²) in [6.45, 7) is 2.14. The number of hydrogen-bond donors (Lipinski definition) is 1. The van der Waals surface area contributed by atoms with Gasteiger partial charge in [0, 0.05) is 25.2 Å². The van der Waals surface area contributed by atoms with E-state index < -0.39 is 23.7 Å². The molecule has 1 N–H and O–H groups in total. The van der Waals surface area contributed by atoms with Crippen LogP contribution in [0, 0.1) is 11.6 Å². The van der Waals surface area contributed by atoms with Crippen LogP contribution in [-0.4, -0.2) is 56.0 Å². The number of aliphatic hydroxyl groups excluding tert-OH is 1. The number of nitrogens with zero attached hydrogens (tertiary/aromatic N) is 1. The van der Waals surface area contributed by atoms with E-state index in [1.807, 2.05) is 31.2 Å². The molecule has 0 saturated heterocycles. The molecule has 0 bridgehead atoms. The van der Waals surface area contributed by atoms with Gasteiger partial charge < -0.3 is 19.3 Å². The van der Waals surface area contributed by atoms with E-state index in [2.05, 4.69) is 4.74 Å². The van der Waals surface area contributed by atoms with Crippen molar-refractivity contribution in [1.29, 1.82) is 0 Å². The monoisotopic (exact) mass is 449 g/mol. The van der Waals surface area contributed by atoms with Crippen LogP contribution in [0.15, 0.2) is 42.5 Å². The van der Waals surface area contributed by atoms with Crippen LogP contribution in [0.25, 0.3) is 6.08 Å². The van der Waals surface area contributed by atoms with Gasteiger partial charge in [-0.2, -0.15) is 0 Å².